The molecule has 0 aliphatic carbocycles. The molecular formula is C44H50N12O4. The second-order valence-electron chi connectivity index (χ2n) is 16.3. The molecule has 8 heterocycles. The Morgan fingerprint density at radius 3 is 1.83 bits per heavy atom. The highest BCUT2D eigenvalue weighted by molar-refractivity contribution is 5.99. The number of hydrogen-bond acceptors (Lipinski definition) is 16. The molecule has 0 radical (unpaired) electrons. The molecule has 2 fully saturated rings. The molecular weight excluding hydrogens is 761 g/mol. The quantitative estimate of drug-likeness (QED) is 0.0885. The van der Waals surface area contributed by atoms with Crippen LogP contribution in [0, 0.1) is 0 Å². The highest BCUT2D eigenvalue weighted by Crippen LogP contribution is 2.33. The molecule has 4 aliphatic heterocycles. The molecule has 4 aliphatic rings. The number of pyridine rings is 2. The number of fused-ring (bicyclic) bond motifs is 4. The van der Waals surface area contributed by atoms with Crippen LogP contribution in [-0.4, -0.2) is 140 Å². The lowest BCUT2D eigenvalue weighted by molar-refractivity contribution is 0.0210. The third kappa shape index (κ3) is 8.39. The van der Waals surface area contributed by atoms with Crippen molar-refractivity contribution in [1.29, 1.82) is 0 Å². The predicted octanol–water partition coefficient (Wildman–Crippen LogP) is 3.31. The third-order valence-electron chi connectivity index (χ3n) is 11.8. The number of aliphatic hydroxyl groups is 2. The van der Waals surface area contributed by atoms with E-state index < -0.39 is 12.2 Å². The van der Waals surface area contributed by atoms with Gasteiger partial charge in [-0.1, -0.05) is 48.5 Å². The van der Waals surface area contributed by atoms with Gasteiger partial charge in [-0.2, -0.15) is 0 Å². The summed E-state index contributed by atoms with van der Waals surface area (Å²) in [6.07, 6.45) is 3.88. The van der Waals surface area contributed by atoms with Gasteiger partial charge in [-0.3, -0.25) is 9.80 Å². The number of nitrogens with zero attached hydrogens (tertiary/aromatic N) is 8. The van der Waals surface area contributed by atoms with Gasteiger partial charge in [-0.15, -0.1) is 0 Å². The topological polar surface area (TPSA) is 191 Å². The first kappa shape index (κ1) is 38.6. The maximum Gasteiger partial charge on any atom is 0.181 e. The van der Waals surface area contributed by atoms with E-state index in [1.165, 1.54) is 28.6 Å². The summed E-state index contributed by atoms with van der Waals surface area (Å²) in [6.45, 7) is 7.28. The SMILES string of the molecule is OC(CNc1nccc2c(NC3COC3)nc(-c3cc4c(NC5COC5)ncnc4c(NC[C@@H](O)CN4CCc5ccccc5C4)n3)nc12)CN1CCc2ccccc2C1. The Kier molecular flexibility index (Phi) is 11.0. The molecule has 6 aromatic rings. The average Bonchev–Trinajstić information content (AvgIpc) is 3.24. The summed E-state index contributed by atoms with van der Waals surface area (Å²) >= 11 is 0. The minimum atomic E-state index is -0.666. The first-order chi connectivity index (χ1) is 29.5. The Bertz CT molecular complexity index is 2480. The average molecular weight is 811 g/mol. The molecule has 0 spiro atoms. The van der Waals surface area contributed by atoms with E-state index in [0.717, 1.165) is 49.8 Å². The molecule has 0 amide bonds. The number of benzene rings is 2. The van der Waals surface area contributed by atoms with Crippen molar-refractivity contribution >= 4 is 45.1 Å². The molecule has 16 nitrogen and oxygen atoms in total. The highest BCUT2D eigenvalue weighted by Gasteiger charge is 2.26. The van der Waals surface area contributed by atoms with E-state index in [4.69, 9.17) is 29.4 Å². The summed E-state index contributed by atoms with van der Waals surface area (Å²) in [5.41, 5.74) is 7.06. The zero-order chi connectivity index (χ0) is 40.4. The van der Waals surface area contributed by atoms with Crippen molar-refractivity contribution in [2.75, 3.05) is 87.0 Å². The van der Waals surface area contributed by atoms with E-state index >= 15 is 0 Å². The molecule has 0 bridgehead atoms. The Morgan fingerprint density at radius 1 is 0.617 bits per heavy atom. The lowest BCUT2D eigenvalue weighted by Gasteiger charge is -2.30. The van der Waals surface area contributed by atoms with Crippen molar-refractivity contribution in [3.8, 4) is 11.5 Å². The van der Waals surface area contributed by atoms with Crippen molar-refractivity contribution in [2.45, 2.75) is 50.2 Å². The van der Waals surface area contributed by atoms with Crippen LogP contribution in [0.3, 0.4) is 0 Å². The van der Waals surface area contributed by atoms with Gasteiger partial charge in [-0.05, 0) is 47.2 Å². The fourth-order valence-corrected chi connectivity index (χ4v) is 8.42. The van der Waals surface area contributed by atoms with Gasteiger partial charge in [0.2, 0.25) is 0 Å². The normalized spacial score (nSPS) is 18.2. The number of anilines is 4. The molecule has 310 valence electrons. The van der Waals surface area contributed by atoms with Crippen LogP contribution in [-0.2, 0) is 35.4 Å². The van der Waals surface area contributed by atoms with Gasteiger partial charge < -0.3 is 41.0 Å². The summed E-state index contributed by atoms with van der Waals surface area (Å²) in [7, 11) is 0. The standard InChI is InChI=1S/C44H50N12O4/c57-33(20-55-13-10-27-5-1-3-7-29(27)18-55)16-46-43-39-35(9-12-45-43)41(51-32-24-60-25-32)54-42(53-39)37-15-36-38(48-26-49-40(36)50-31-22-59-23-31)44(52-37)47-17-34(58)21-56-14-11-28-6-2-4-8-30(28)19-56/h1-9,12,15,26,31-34,57-58H,10-11,13-14,16-25H2,(H,45,46)(H,47,52)(H,48,49,50)(H,51,53,54)/t33?,34-/m1/s1. The Morgan fingerprint density at radius 2 is 1.22 bits per heavy atom. The summed E-state index contributed by atoms with van der Waals surface area (Å²) in [4.78, 5) is 33.8. The number of aromatic nitrogens is 6. The van der Waals surface area contributed by atoms with Gasteiger partial charge in [0.25, 0.3) is 0 Å². The molecule has 16 heteroatoms. The van der Waals surface area contributed by atoms with Crippen LogP contribution in [0.1, 0.15) is 22.3 Å². The summed E-state index contributed by atoms with van der Waals surface area (Å²) < 4.78 is 11.0. The van der Waals surface area contributed by atoms with E-state index in [0.29, 0.717) is 85.3 Å². The number of hydrogen-bond donors (Lipinski definition) is 6. The number of rotatable bonds is 15. The van der Waals surface area contributed by atoms with Crippen LogP contribution >= 0.6 is 0 Å². The summed E-state index contributed by atoms with van der Waals surface area (Å²) in [6, 6.07) is 21.0. The number of nitrogens with one attached hydrogen (secondary N) is 4. The van der Waals surface area contributed by atoms with Crippen molar-refractivity contribution in [3.05, 3.63) is 95.4 Å². The maximum atomic E-state index is 11.3. The number of aliphatic hydroxyl groups excluding tert-OH is 2. The maximum absolute atomic E-state index is 11.3. The lowest BCUT2D eigenvalue weighted by atomic mass is 10.00. The van der Waals surface area contributed by atoms with E-state index in [-0.39, 0.29) is 25.2 Å². The molecule has 2 atom stereocenters. The van der Waals surface area contributed by atoms with E-state index in [2.05, 4.69) is 89.6 Å². The number of ether oxygens (including phenoxy) is 2. The second-order valence-corrected chi connectivity index (χ2v) is 16.3. The molecule has 2 saturated heterocycles. The van der Waals surface area contributed by atoms with Crippen LogP contribution < -0.4 is 21.3 Å². The van der Waals surface area contributed by atoms with Crippen molar-refractivity contribution in [1.82, 2.24) is 39.7 Å². The molecule has 10 rings (SSSR count). The molecule has 2 aromatic carbocycles. The fourth-order valence-electron chi connectivity index (χ4n) is 8.42. The molecule has 1 unspecified atom stereocenters. The van der Waals surface area contributed by atoms with Gasteiger partial charge in [0.1, 0.15) is 34.7 Å². The van der Waals surface area contributed by atoms with E-state index in [1.807, 2.05) is 12.1 Å². The van der Waals surface area contributed by atoms with E-state index in [9.17, 15) is 10.2 Å². The van der Waals surface area contributed by atoms with Crippen LogP contribution in [0.25, 0.3) is 33.3 Å². The predicted molar refractivity (Wildman–Crippen MR) is 230 cm³/mol. The van der Waals surface area contributed by atoms with Crippen LogP contribution in [0.15, 0.2) is 73.2 Å². The largest absolute Gasteiger partial charge is 0.390 e. The van der Waals surface area contributed by atoms with Crippen LogP contribution in [0.4, 0.5) is 23.3 Å². The first-order valence-corrected chi connectivity index (χ1v) is 20.9. The van der Waals surface area contributed by atoms with Crippen molar-refractivity contribution in [2.24, 2.45) is 0 Å². The van der Waals surface area contributed by atoms with Crippen LogP contribution in [0.2, 0.25) is 0 Å². The van der Waals surface area contributed by atoms with Crippen molar-refractivity contribution in [3.63, 3.8) is 0 Å². The van der Waals surface area contributed by atoms with Gasteiger partial charge >= 0.3 is 0 Å². The Hall–Kier alpha value is -5.62. The van der Waals surface area contributed by atoms with Gasteiger partial charge in [0, 0.05) is 69.3 Å². The molecule has 4 aromatic heterocycles. The minimum absolute atomic E-state index is 0.0857. The first-order valence-electron chi connectivity index (χ1n) is 20.9. The van der Waals surface area contributed by atoms with Gasteiger partial charge in [-0.25, -0.2) is 29.9 Å². The van der Waals surface area contributed by atoms with Crippen LogP contribution in [0.5, 0.6) is 0 Å². The minimum Gasteiger partial charge on any atom is -0.390 e. The zero-order valence-corrected chi connectivity index (χ0v) is 33.4. The Balaban J connectivity index is 0.943. The van der Waals surface area contributed by atoms with Gasteiger partial charge in [0.05, 0.1) is 50.7 Å². The second kappa shape index (κ2) is 17.2. The Labute approximate surface area is 347 Å². The molecule has 6 N–H and O–H groups in total. The van der Waals surface area contributed by atoms with Crippen molar-refractivity contribution < 1.29 is 19.7 Å². The monoisotopic (exact) mass is 810 g/mol. The summed E-state index contributed by atoms with van der Waals surface area (Å²) in [5.74, 6) is 2.66. The lowest BCUT2D eigenvalue weighted by Crippen LogP contribution is -2.40. The van der Waals surface area contributed by atoms with E-state index in [1.54, 1.807) is 6.20 Å². The molecule has 60 heavy (non-hydrogen) atoms. The third-order valence-corrected chi connectivity index (χ3v) is 11.8. The summed E-state index contributed by atoms with van der Waals surface area (Å²) in [5, 5.41) is 38.0. The smallest absolute Gasteiger partial charge is 0.181 e. The number of β-amino-alcohol motifs (C(OH)–C–C–N with tert-alkyl or cyclic N) is 2. The highest BCUT2D eigenvalue weighted by atomic mass is 16.5. The van der Waals surface area contributed by atoms with Gasteiger partial charge in [0.15, 0.2) is 17.5 Å². The zero-order valence-electron chi connectivity index (χ0n) is 33.4. The molecule has 0 saturated carbocycles. The fraction of sp³-hybridized carbons (Fsp3) is 0.409.